The highest BCUT2D eigenvalue weighted by Crippen LogP contribution is 2.63. The van der Waals surface area contributed by atoms with Crippen molar-refractivity contribution >= 4 is 60.7 Å². The zero-order chi connectivity index (χ0) is 45.9. The minimum absolute atomic E-state index is 0.589. The molecule has 0 amide bonds. The molecule has 0 radical (unpaired) electrons. The van der Waals surface area contributed by atoms with Crippen LogP contribution >= 0.6 is 0 Å². The van der Waals surface area contributed by atoms with E-state index in [9.17, 15) is 0 Å². The number of fused-ring (bicyclic) bond motifs is 15. The molecule has 2 aliphatic rings. The SMILES string of the molecule is c1ccc(-c2ccccc2-c2ccccc2N(c2ccc(-n3c4ccccc4c4ccccc43)cc2)c2cccc3c2-c2ccccc2C32c3ccccc3-n3c4ccccc4c4cccc2c43)cc1. The van der Waals surface area contributed by atoms with Gasteiger partial charge in [0.1, 0.15) is 0 Å². The van der Waals surface area contributed by atoms with E-state index >= 15 is 0 Å². The summed E-state index contributed by atoms with van der Waals surface area (Å²) < 4.78 is 4.93. The van der Waals surface area contributed by atoms with Crippen LogP contribution in [0.15, 0.2) is 261 Å². The van der Waals surface area contributed by atoms with Crippen LogP contribution in [-0.2, 0) is 5.41 Å². The Bertz CT molecular complexity index is 4200. The zero-order valence-corrected chi connectivity index (χ0v) is 38.2. The number of hydrogen-bond donors (Lipinski definition) is 0. The van der Waals surface area contributed by atoms with Gasteiger partial charge < -0.3 is 14.0 Å². The highest BCUT2D eigenvalue weighted by Gasteiger charge is 2.51. The highest BCUT2D eigenvalue weighted by atomic mass is 15.2. The van der Waals surface area contributed by atoms with Crippen molar-refractivity contribution in [3.63, 3.8) is 0 Å². The Labute approximate surface area is 406 Å². The third kappa shape index (κ3) is 5.23. The summed E-state index contributed by atoms with van der Waals surface area (Å²) in [5, 5.41) is 5.06. The van der Waals surface area contributed by atoms with E-state index in [0.29, 0.717) is 0 Å². The van der Waals surface area contributed by atoms with Crippen molar-refractivity contribution in [3.8, 4) is 44.8 Å². The number of para-hydroxylation sites is 6. The van der Waals surface area contributed by atoms with Crippen molar-refractivity contribution in [2.45, 2.75) is 5.41 Å². The van der Waals surface area contributed by atoms with E-state index in [-0.39, 0.29) is 0 Å². The van der Waals surface area contributed by atoms with Crippen LogP contribution in [0.3, 0.4) is 0 Å². The fourth-order valence-electron chi connectivity index (χ4n) is 12.6. The van der Waals surface area contributed by atoms with E-state index in [1.165, 1.54) is 99.4 Å². The molecule has 1 aliphatic carbocycles. The number of aromatic nitrogens is 2. The topological polar surface area (TPSA) is 13.1 Å². The molecule has 15 rings (SSSR count). The molecule has 13 aromatic rings. The van der Waals surface area contributed by atoms with Gasteiger partial charge in [0, 0.05) is 44.0 Å². The number of hydrogen-bond acceptors (Lipinski definition) is 1. The zero-order valence-electron chi connectivity index (χ0n) is 38.2. The fourth-order valence-corrected chi connectivity index (χ4v) is 12.6. The van der Waals surface area contributed by atoms with Gasteiger partial charge in [-0.3, -0.25) is 0 Å². The van der Waals surface area contributed by atoms with Crippen LogP contribution in [0.25, 0.3) is 88.4 Å². The van der Waals surface area contributed by atoms with Gasteiger partial charge >= 0.3 is 0 Å². The van der Waals surface area contributed by atoms with Crippen LogP contribution in [0.4, 0.5) is 17.1 Å². The van der Waals surface area contributed by atoms with Gasteiger partial charge in [-0.25, -0.2) is 0 Å². The van der Waals surface area contributed by atoms with Gasteiger partial charge in [-0.1, -0.05) is 200 Å². The summed E-state index contributed by atoms with van der Waals surface area (Å²) in [4.78, 5) is 2.54. The second-order valence-electron chi connectivity index (χ2n) is 18.7. The molecule has 1 unspecified atom stereocenters. The van der Waals surface area contributed by atoms with Crippen molar-refractivity contribution in [2.75, 3.05) is 4.90 Å². The summed E-state index contributed by atoms with van der Waals surface area (Å²) in [5.41, 5.74) is 22.4. The van der Waals surface area contributed by atoms with Crippen molar-refractivity contribution in [2.24, 2.45) is 0 Å². The van der Waals surface area contributed by atoms with Gasteiger partial charge in [-0.2, -0.15) is 0 Å². The molecule has 0 fully saturated rings. The monoisotopic (exact) mass is 889 g/mol. The van der Waals surface area contributed by atoms with E-state index < -0.39 is 5.41 Å². The average molecular weight is 890 g/mol. The van der Waals surface area contributed by atoms with Crippen LogP contribution in [0.2, 0.25) is 0 Å². The van der Waals surface area contributed by atoms with Crippen LogP contribution in [-0.4, -0.2) is 9.13 Å². The molecule has 2 aromatic heterocycles. The van der Waals surface area contributed by atoms with Crippen molar-refractivity contribution in [1.82, 2.24) is 9.13 Å². The van der Waals surface area contributed by atoms with Crippen LogP contribution < -0.4 is 4.90 Å². The van der Waals surface area contributed by atoms with Crippen LogP contribution in [0.1, 0.15) is 22.3 Å². The van der Waals surface area contributed by atoms with Gasteiger partial charge in [0.2, 0.25) is 0 Å². The molecule has 3 heteroatoms. The predicted octanol–water partition coefficient (Wildman–Crippen LogP) is 17.4. The lowest BCUT2D eigenvalue weighted by molar-refractivity contribution is 0.748. The molecule has 3 heterocycles. The minimum atomic E-state index is -0.589. The molecule has 1 aliphatic heterocycles. The number of benzene rings is 11. The Morgan fingerprint density at radius 2 is 0.800 bits per heavy atom. The predicted molar refractivity (Wildman–Crippen MR) is 292 cm³/mol. The first-order chi connectivity index (χ1) is 34.8. The summed E-state index contributed by atoms with van der Waals surface area (Å²) >= 11 is 0. The summed E-state index contributed by atoms with van der Waals surface area (Å²) in [5.74, 6) is 0. The third-order valence-corrected chi connectivity index (χ3v) is 15.3. The molecule has 70 heavy (non-hydrogen) atoms. The normalized spacial score (nSPS) is 14.3. The molecular weight excluding hydrogens is 847 g/mol. The largest absolute Gasteiger partial charge is 0.309 e. The Morgan fingerprint density at radius 3 is 1.54 bits per heavy atom. The molecule has 11 aromatic carbocycles. The lowest BCUT2D eigenvalue weighted by Crippen LogP contribution is -2.33. The standard InChI is InChI=1S/C67H43N3/c1-2-20-44(21-3-1)47-22-4-5-23-48(47)49-24-7-13-34-59(49)69(46-42-40-45(41-43-46)68-60-35-14-8-25-50(60)51-26-9-15-36-61(51)68)64-39-19-32-57-65(64)54-28-6-11-30-55(54)67(57)56-31-12-17-38-63(56)70-62-37-16-10-27-52(62)53-29-18-33-58(67)66(53)70/h1-43H. The van der Waals surface area contributed by atoms with Crippen LogP contribution in [0, 0.1) is 0 Å². The van der Waals surface area contributed by atoms with Gasteiger partial charge in [-0.15, -0.1) is 0 Å². The second-order valence-corrected chi connectivity index (χ2v) is 18.7. The van der Waals surface area contributed by atoms with E-state index in [4.69, 9.17) is 0 Å². The van der Waals surface area contributed by atoms with E-state index in [0.717, 1.165) is 28.3 Å². The van der Waals surface area contributed by atoms with Gasteiger partial charge in [0.05, 0.1) is 44.5 Å². The van der Waals surface area contributed by atoms with E-state index in [1.807, 2.05) is 0 Å². The Kier molecular flexibility index (Phi) is 8.28. The molecule has 3 nitrogen and oxygen atoms in total. The first kappa shape index (κ1) is 38.9. The lowest BCUT2D eigenvalue weighted by Gasteiger charge is -2.39. The maximum atomic E-state index is 2.54. The number of nitrogens with zero attached hydrogens (tertiary/aromatic N) is 3. The molecule has 0 bridgehead atoms. The van der Waals surface area contributed by atoms with Crippen molar-refractivity contribution in [3.05, 3.63) is 283 Å². The maximum Gasteiger partial charge on any atom is 0.0755 e. The minimum Gasteiger partial charge on any atom is -0.309 e. The molecular formula is C67H43N3. The molecule has 0 N–H and O–H groups in total. The summed E-state index contributed by atoms with van der Waals surface area (Å²) in [7, 11) is 0. The second kappa shape index (κ2) is 14.9. The average Bonchev–Trinajstić information content (AvgIpc) is 4.07. The quantitative estimate of drug-likeness (QED) is 0.162. The van der Waals surface area contributed by atoms with Gasteiger partial charge in [-0.05, 0) is 105 Å². The smallest absolute Gasteiger partial charge is 0.0755 e. The Morgan fingerprint density at radius 1 is 0.300 bits per heavy atom. The summed E-state index contributed by atoms with van der Waals surface area (Å²) in [6, 6.07) is 96.7. The van der Waals surface area contributed by atoms with Gasteiger partial charge in [0.15, 0.2) is 0 Å². The molecule has 0 saturated heterocycles. The Balaban J connectivity index is 1.02. The molecule has 1 atom stereocenters. The lowest BCUT2D eigenvalue weighted by atomic mass is 9.65. The fraction of sp³-hybridized carbons (Fsp3) is 0.0149. The summed E-state index contributed by atoms with van der Waals surface area (Å²) in [6.45, 7) is 0. The summed E-state index contributed by atoms with van der Waals surface area (Å²) in [6.07, 6.45) is 0. The van der Waals surface area contributed by atoms with Crippen LogP contribution in [0.5, 0.6) is 0 Å². The van der Waals surface area contributed by atoms with E-state index in [2.05, 4.69) is 275 Å². The maximum absolute atomic E-state index is 2.54. The number of anilines is 3. The molecule has 0 saturated carbocycles. The Hall–Kier alpha value is -9.18. The molecule has 1 spiro atoms. The molecule has 326 valence electrons. The van der Waals surface area contributed by atoms with E-state index in [1.54, 1.807) is 0 Å². The van der Waals surface area contributed by atoms with Crippen molar-refractivity contribution < 1.29 is 0 Å². The van der Waals surface area contributed by atoms with Crippen molar-refractivity contribution in [1.29, 1.82) is 0 Å². The third-order valence-electron chi connectivity index (χ3n) is 15.3. The first-order valence-corrected chi connectivity index (χ1v) is 24.3. The number of rotatable bonds is 6. The first-order valence-electron chi connectivity index (χ1n) is 24.3. The van der Waals surface area contributed by atoms with Gasteiger partial charge in [0.25, 0.3) is 0 Å². The highest BCUT2D eigenvalue weighted by molar-refractivity contribution is 6.14.